The molecule has 17 heavy (non-hydrogen) atoms. The molecular weight excluding hydrogens is 214 g/mol. The zero-order valence-electron chi connectivity index (χ0n) is 11.6. The summed E-state index contributed by atoms with van der Waals surface area (Å²) in [5.74, 6) is 0. The van der Waals surface area contributed by atoms with Crippen molar-refractivity contribution in [1.29, 1.82) is 0 Å². The van der Waals surface area contributed by atoms with Gasteiger partial charge in [-0.1, -0.05) is 20.3 Å². The van der Waals surface area contributed by atoms with Crippen LogP contribution in [-0.4, -0.2) is 47.4 Å². The third-order valence-corrected chi connectivity index (χ3v) is 4.40. The number of rotatable bonds is 1. The van der Waals surface area contributed by atoms with Crippen molar-refractivity contribution in [3.05, 3.63) is 0 Å². The fourth-order valence-corrected chi connectivity index (χ4v) is 3.46. The van der Waals surface area contributed by atoms with E-state index < -0.39 is 0 Å². The molecule has 2 fully saturated rings. The molecule has 0 aromatic rings. The molecule has 2 unspecified atom stereocenters. The highest BCUT2D eigenvalue weighted by Crippen LogP contribution is 2.38. The van der Waals surface area contributed by atoms with Crippen molar-refractivity contribution in [3.63, 3.8) is 0 Å². The first-order chi connectivity index (χ1) is 7.90. The zero-order chi connectivity index (χ0) is 12.6. The lowest BCUT2D eigenvalue weighted by atomic mass is 9.72. The number of morpholine rings is 1. The highest BCUT2D eigenvalue weighted by atomic mass is 16.5. The average molecular weight is 241 g/mol. The Kier molecular flexibility index (Phi) is 3.81. The van der Waals surface area contributed by atoms with Crippen molar-refractivity contribution >= 4 is 0 Å². The van der Waals surface area contributed by atoms with Crippen molar-refractivity contribution in [3.8, 4) is 0 Å². The molecule has 4 atom stereocenters. The van der Waals surface area contributed by atoms with Gasteiger partial charge in [-0.3, -0.25) is 4.90 Å². The lowest BCUT2D eigenvalue weighted by molar-refractivity contribution is -0.122. The second kappa shape index (κ2) is 4.87. The smallest absolute Gasteiger partial charge is 0.0746 e. The van der Waals surface area contributed by atoms with Crippen LogP contribution in [0.15, 0.2) is 0 Å². The molecule has 1 saturated carbocycles. The van der Waals surface area contributed by atoms with E-state index in [1.54, 1.807) is 0 Å². The first-order valence-electron chi connectivity index (χ1n) is 6.98. The molecule has 0 spiro atoms. The van der Waals surface area contributed by atoms with E-state index in [4.69, 9.17) is 4.74 Å². The van der Waals surface area contributed by atoms with Crippen molar-refractivity contribution in [2.24, 2.45) is 5.41 Å². The molecule has 0 aromatic heterocycles. The summed E-state index contributed by atoms with van der Waals surface area (Å²) in [6, 6.07) is 0.326. The third-order valence-electron chi connectivity index (χ3n) is 4.40. The van der Waals surface area contributed by atoms with Crippen LogP contribution in [0.4, 0.5) is 0 Å². The summed E-state index contributed by atoms with van der Waals surface area (Å²) < 4.78 is 5.77. The van der Waals surface area contributed by atoms with Gasteiger partial charge in [0.05, 0.1) is 18.3 Å². The number of ether oxygens (including phenoxy) is 1. The highest BCUT2D eigenvalue weighted by molar-refractivity contribution is 4.95. The first-order valence-corrected chi connectivity index (χ1v) is 6.98. The van der Waals surface area contributed by atoms with Gasteiger partial charge >= 0.3 is 0 Å². The summed E-state index contributed by atoms with van der Waals surface area (Å²) in [5, 5.41) is 10.5. The van der Waals surface area contributed by atoms with E-state index in [0.29, 0.717) is 6.04 Å². The predicted octanol–water partition coefficient (Wildman–Crippen LogP) is 2.04. The maximum absolute atomic E-state index is 10.5. The van der Waals surface area contributed by atoms with Crippen LogP contribution in [0, 0.1) is 5.41 Å². The number of aliphatic hydroxyl groups excluding tert-OH is 1. The lowest BCUT2D eigenvalue weighted by Gasteiger charge is -2.48. The minimum atomic E-state index is -0.200. The molecule has 1 N–H and O–H groups in total. The number of nitrogens with zero attached hydrogens (tertiary/aromatic N) is 1. The van der Waals surface area contributed by atoms with Crippen molar-refractivity contribution < 1.29 is 9.84 Å². The standard InChI is InChI=1S/C14H27NO2/c1-10-8-15(9-11(2)17-10)12-6-5-7-14(3,4)13(12)16/h10-13,16H,5-9H2,1-4H3/t10-,11+,12?,13?. The van der Waals surface area contributed by atoms with Crippen LogP contribution in [0.25, 0.3) is 0 Å². The topological polar surface area (TPSA) is 32.7 Å². The van der Waals surface area contributed by atoms with Crippen LogP contribution in [0.3, 0.4) is 0 Å². The Balaban J connectivity index is 2.05. The van der Waals surface area contributed by atoms with Crippen molar-refractivity contribution in [2.75, 3.05) is 13.1 Å². The van der Waals surface area contributed by atoms with Gasteiger partial charge in [0.1, 0.15) is 0 Å². The first kappa shape index (κ1) is 13.3. The second-order valence-corrected chi connectivity index (χ2v) is 6.60. The van der Waals surface area contributed by atoms with Gasteiger partial charge in [-0.2, -0.15) is 0 Å². The Hall–Kier alpha value is -0.120. The van der Waals surface area contributed by atoms with Gasteiger partial charge in [-0.15, -0.1) is 0 Å². The maximum atomic E-state index is 10.5. The Morgan fingerprint density at radius 3 is 2.35 bits per heavy atom. The Bertz CT molecular complexity index is 257. The summed E-state index contributed by atoms with van der Waals surface area (Å²) in [7, 11) is 0. The average Bonchev–Trinajstić information content (AvgIpc) is 2.20. The summed E-state index contributed by atoms with van der Waals surface area (Å²) in [6.45, 7) is 10.6. The second-order valence-electron chi connectivity index (χ2n) is 6.60. The van der Waals surface area contributed by atoms with Crippen LogP contribution in [0.1, 0.15) is 47.0 Å². The minimum absolute atomic E-state index is 0.0632. The largest absolute Gasteiger partial charge is 0.391 e. The third kappa shape index (κ3) is 2.83. The summed E-state index contributed by atoms with van der Waals surface area (Å²) in [5.41, 5.74) is 0.0632. The van der Waals surface area contributed by atoms with E-state index in [1.165, 1.54) is 6.42 Å². The van der Waals surface area contributed by atoms with E-state index in [-0.39, 0.29) is 23.7 Å². The molecule has 0 amide bonds. The quantitative estimate of drug-likeness (QED) is 0.762. The molecule has 3 nitrogen and oxygen atoms in total. The van der Waals surface area contributed by atoms with Crippen LogP contribution in [0.5, 0.6) is 0 Å². The molecule has 2 rings (SSSR count). The fraction of sp³-hybridized carbons (Fsp3) is 1.00. The van der Waals surface area contributed by atoms with Crippen LogP contribution in [0.2, 0.25) is 0 Å². The van der Waals surface area contributed by atoms with Gasteiger partial charge in [-0.05, 0) is 32.1 Å². The number of aliphatic hydroxyl groups is 1. The predicted molar refractivity (Wildman–Crippen MR) is 69.0 cm³/mol. The monoisotopic (exact) mass is 241 g/mol. The zero-order valence-corrected chi connectivity index (χ0v) is 11.6. The van der Waals surface area contributed by atoms with Gasteiger partial charge in [0.25, 0.3) is 0 Å². The molecule has 0 aromatic carbocycles. The van der Waals surface area contributed by atoms with Crippen LogP contribution >= 0.6 is 0 Å². The Morgan fingerprint density at radius 2 is 1.76 bits per heavy atom. The Labute approximate surface area is 105 Å². The summed E-state index contributed by atoms with van der Waals surface area (Å²) in [6.07, 6.45) is 3.87. The molecule has 1 aliphatic carbocycles. The molecule has 1 aliphatic heterocycles. The molecule has 100 valence electrons. The lowest BCUT2D eigenvalue weighted by Crippen LogP contribution is -2.58. The molecule has 1 saturated heterocycles. The molecule has 2 aliphatic rings. The van der Waals surface area contributed by atoms with Gasteiger partial charge in [0.15, 0.2) is 0 Å². The SMILES string of the molecule is C[C@@H]1CN(C2CCCC(C)(C)C2O)C[C@H](C)O1. The molecule has 1 heterocycles. The van der Waals surface area contributed by atoms with Gasteiger partial charge in [-0.25, -0.2) is 0 Å². The van der Waals surface area contributed by atoms with Crippen molar-refractivity contribution in [2.45, 2.75) is 71.3 Å². The van der Waals surface area contributed by atoms with Gasteiger partial charge in [0.2, 0.25) is 0 Å². The number of hydrogen-bond acceptors (Lipinski definition) is 3. The van der Waals surface area contributed by atoms with Crippen LogP contribution in [-0.2, 0) is 4.74 Å². The molecule has 0 bridgehead atoms. The Morgan fingerprint density at radius 1 is 1.18 bits per heavy atom. The van der Waals surface area contributed by atoms with Gasteiger partial charge in [0, 0.05) is 19.1 Å². The van der Waals surface area contributed by atoms with E-state index in [9.17, 15) is 5.11 Å². The summed E-state index contributed by atoms with van der Waals surface area (Å²) in [4.78, 5) is 2.45. The van der Waals surface area contributed by atoms with E-state index in [1.807, 2.05) is 0 Å². The molecular formula is C14H27NO2. The fourth-order valence-electron chi connectivity index (χ4n) is 3.46. The normalized spacial score (nSPS) is 43.6. The van der Waals surface area contributed by atoms with Crippen molar-refractivity contribution in [1.82, 2.24) is 4.90 Å². The molecule has 0 radical (unpaired) electrons. The van der Waals surface area contributed by atoms with Gasteiger partial charge < -0.3 is 9.84 Å². The van der Waals surface area contributed by atoms with E-state index >= 15 is 0 Å². The maximum Gasteiger partial charge on any atom is 0.0746 e. The minimum Gasteiger partial charge on any atom is -0.391 e. The van der Waals surface area contributed by atoms with E-state index in [0.717, 1.165) is 25.9 Å². The van der Waals surface area contributed by atoms with E-state index in [2.05, 4.69) is 32.6 Å². The summed E-state index contributed by atoms with van der Waals surface area (Å²) >= 11 is 0. The van der Waals surface area contributed by atoms with Crippen LogP contribution < -0.4 is 0 Å². The number of hydrogen-bond donors (Lipinski definition) is 1. The highest BCUT2D eigenvalue weighted by Gasteiger charge is 2.41. The molecule has 3 heteroatoms.